The molecule has 0 aromatic carbocycles. The lowest BCUT2D eigenvalue weighted by molar-refractivity contribution is -0.870. The predicted molar refractivity (Wildman–Crippen MR) is 286 cm³/mol. The normalized spacial score (nSPS) is 14.1. The van der Waals surface area contributed by atoms with E-state index in [-0.39, 0.29) is 25.1 Å². The van der Waals surface area contributed by atoms with Gasteiger partial charge in [-0.3, -0.25) is 18.6 Å². The Morgan fingerprint density at radius 1 is 0.522 bits per heavy atom. The molecular formula is C57H110N2O7P+. The fourth-order valence-electron chi connectivity index (χ4n) is 8.15. The van der Waals surface area contributed by atoms with Gasteiger partial charge in [0.15, 0.2) is 0 Å². The molecule has 2 N–H and O–H groups in total. The van der Waals surface area contributed by atoms with Crippen LogP contribution >= 0.6 is 7.82 Å². The minimum Gasteiger partial charge on any atom is -0.456 e. The van der Waals surface area contributed by atoms with Gasteiger partial charge < -0.3 is 19.4 Å². The number of esters is 1. The molecule has 0 spiro atoms. The lowest BCUT2D eigenvalue weighted by atomic mass is 10.0. The van der Waals surface area contributed by atoms with E-state index in [1.54, 1.807) is 0 Å². The first kappa shape index (κ1) is 65.2. The molecule has 67 heavy (non-hydrogen) atoms. The number of hydrogen-bond acceptors (Lipinski definition) is 6. The Morgan fingerprint density at radius 2 is 0.910 bits per heavy atom. The summed E-state index contributed by atoms with van der Waals surface area (Å²) in [7, 11) is 1.50. The van der Waals surface area contributed by atoms with Crippen molar-refractivity contribution in [2.75, 3.05) is 40.9 Å². The highest BCUT2D eigenvalue weighted by atomic mass is 31.2. The first-order chi connectivity index (χ1) is 32.4. The Kier molecular flexibility index (Phi) is 46.6. The molecule has 0 saturated carbocycles. The number of nitrogens with zero attached hydrogens (tertiary/aromatic N) is 1. The Morgan fingerprint density at radius 3 is 1.37 bits per heavy atom. The summed E-state index contributed by atoms with van der Waals surface area (Å²) < 4.78 is 30.6. The fraction of sp³-hybridized carbons (Fsp3) is 0.860. The van der Waals surface area contributed by atoms with Crippen LogP contribution in [0.15, 0.2) is 36.5 Å². The van der Waals surface area contributed by atoms with E-state index < -0.39 is 20.0 Å². The van der Waals surface area contributed by atoms with E-state index in [4.69, 9.17) is 13.8 Å². The van der Waals surface area contributed by atoms with Crippen LogP contribution in [0.3, 0.4) is 0 Å². The lowest BCUT2D eigenvalue weighted by Crippen LogP contribution is -2.47. The minimum absolute atomic E-state index is 0.0403. The van der Waals surface area contributed by atoms with Crippen LogP contribution in [-0.4, -0.2) is 74.3 Å². The van der Waals surface area contributed by atoms with Crippen molar-refractivity contribution in [1.82, 2.24) is 5.32 Å². The molecule has 0 aromatic rings. The summed E-state index contributed by atoms with van der Waals surface area (Å²) in [5, 5.41) is 3.04. The quantitative estimate of drug-likeness (QED) is 0.0205. The smallest absolute Gasteiger partial charge is 0.456 e. The summed E-state index contributed by atoms with van der Waals surface area (Å²) in [6.07, 6.45) is 55.6. The maximum absolute atomic E-state index is 13.5. The minimum atomic E-state index is -4.44. The highest BCUT2D eigenvalue weighted by Crippen LogP contribution is 2.43. The number of carbonyl (C=O) groups excluding carboxylic acids is 2. The molecule has 0 aliphatic heterocycles. The molecule has 0 aliphatic rings. The van der Waals surface area contributed by atoms with Crippen molar-refractivity contribution in [2.24, 2.45) is 0 Å². The van der Waals surface area contributed by atoms with Crippen LogP contribution in [0.25, 0.3) is 0 Å². The number of likely N-dealkylation sites (N-methyl/N-ethyl adjacent to an activating group) is 1. The summed E-state index contributed by atoms with van der Waals surface area (Å²) in [6.45, 7) is 6.98. The number of allylic oxidation sites excluding steroid dienone is 5. The second-order valence-electron chi connectivity index (χ2n) is 20.5. The van der Waals surface area contributed by atoms with Crippen molar-refractivity contribution in [3.8, 4) is 0 Å². The summed E-state index contributed by atoms with van der Waals surface area (Å²) in [5.41, 5.74) is 0. The third kappa shape index (κ3) is 49.0. The number of carbonyl (C=O) groups is 2. The second kappa shape index (κ2) is 47.9. The summed E-state index contributed by atoms with van der Waals surface area (Å²) in [6, 6.07) is -0.846. The third-order valence-corrected chi connectivity index (χ3v) is 13.6. The summed E-state index contributed by atoms with van der Waals surface area (Å²) >= 11 is 0. The Bertz CT molecular complexity index is 1250. The zero-order valence-corrected chi connectivity index (χ0v) is 45.8. The molecule has 0 radical (unpaired) electrons. The van der Waals surface area contributed by atoms with E-state index in [0.29, 0.717) is 23.9 Å². The van der Waals surface area contributed by atoms with E-state index in [0.717, 1.165) is 77.0 Å². The summed E-state index contributed by atoms with van der Waals surface area (Å²) in [5.74, 6) is -0.507. The molecule has 0 fully saturated rings. The van der Waals surface area contributed by atoms with Gasteiger partial charge in [0.2, 0.25) is 5.91 Å². The van der Waals surface area contributed by atoms with Gasteiger partial charge in [-0.2, -0.15) is 0 Å². The van der Waals surface area contributed by atoms with Gasteiger partial charge in [-0.15, -0.1) is 0 Å². The average molecular weight is 966 g/mol. The number of hydrogen-bond donors (Lipinski definition) is 2. The van der Waals surface area contributed by atoms with Crippen LogP contribution in [0.2, 0.25) is 0 Å². The molecule has 0 rings (SSSR count). The molecule has 3 unspecified atom stereocenters. The monoisotopic (exact) mass is 966 g/mol. The van der Waals surface area contributed by atoms with Gasteiger partial charge in [0.25, 0.3) is 0 Å². The number of unbranched alkanes of at least 4 members (excludes halogenated alkanes) is 31. The first-order valence-electron chi connectivity index (χ1n) is 28.3. The van der Waals surface area contributed by atoms with Crippen molar-refractivity contribution < 1.29 is 37.3 Å². The molecule has 3 atom stereocenters. The van der Waals surface area contributed by atoms with Crippen molar-refractivity contribution in [2.45, 2.75) is 277 Å². The number of ether oxygens (including phenoxy) is 1. The van der Waals surface area contributed by atoms with Crippen molar-refractivity contribution in [3.05, 3.63) is 36.5 Å². The molecule has 0 aromatic heterocycles. The Labute approximate surface area is 415 Å². The first-order valence-corrected chi connectivity index (χ1v) is 29.8. The van der Waals surface area contributed by atoms with Gasteiger partial charge in [-0.25, -0.2) is 4.57 Å². The molecule has 10 heteroatoms. The molecular weight excluding hydrogens is 856 g/mol. The largest absolute Gasteiger partial charge is 0.472 e. The van der Waals surface area contributed by atoms with E-state index in [1.165, 1.54) is 154 Å². The second-order valence-corrected chi connectivity index (χ2v) is 21.9. The zero-order chi connectivity index (χ0) is 49.4. The van der Waals surface area contributed by atoms with Gasteiger partial charge in [0.1, 0.15) is 19.3 Å². The summed E-state index contributed by atoms with van der Waals surface area (Å²) in [4.78, 5) is 37.5. The fourth-order valence-corrected chi connectivity index (χ4v) is 8.88. The molecule has 1 amide bonds. The van der Waals surface area contributed by atoms with Gasteiger partial charge in [0, 0.05) is 12.8 Å². The molecule has 0 heterocycles. The van der Waals surface area contributed by atoms with Gasteiger partial charge >= 0.3 is 13.8 Å². The topological polar surface area (TPSA) is 111 Å². The third-order valence-electron chi connectivity index (χ3n) is 12.6. The molecule has 0 bridgehead atoms. The Balaban J connectivity index is 5.32. The number of phosphoric acid groups is 1. The van der Waals surface area contributed by atoms with Crippen LogP contribution in [0, 0.1) is 0 Å². The van der Waals surface area contributed by atoms with Crippen molar-refractivity contribution in [1.29, 1.82) is 0 Å². The highest BCUT2D eigenvalue weighted by molar-refractivity contribution is 7.47. The van der Waals surface area contributed by atoms with E-state index >= 15 is 0 Å². The number of phosphoric ester groups is 1. The van der Waals surface area contributed by atoms with Crippen LogP contribution < -0.4 is 5.32 Å². The number of rotatable bonds is 51. The van der Waals surface area contributed by atoms with Gasteiger partial charge in [-0.05, 0) is 63.9 Å². The molecule has 394 valence electrons. The molecule has 9 nitrogen and oxygen atoms in total. The number of nitrogens with one attached hydrogen (secondary N) is 1. The van der Waals surface area contributed by atoms with Crippen LogP contribution in [0.4, 0.5) is 0 Å². The van der Waals surface area contributed by atoms with Gasteiger partial charge in [-0.1, -0.05) is 225 Å². The maximum Gasteiger partial charge on any atom is 0.472 e. The van der Waals surface area contributed by atoms with E-state index in [2.05, 4.69) is 50.4 Å². The predicted octanol–water partition coefficient (Wildman–Crippen LogP) is 16.8. The number of amides is 1. The SMILES string of the molecule is CCCCC/C=C\C/C=C\CCCCCCCCCC(=O)NC(COP(=O)(O)OCC[N+](C)(C)C)C(/C=C/CCCCCCCCCCC)OC(=O)CCCCCCCCCCCCCCC. The van der Waals surface area contributed by atoms with Crippen molar-refractivity contribution >= 4 is 19.7 Å². The molecule has 0 saturated heterocycles. The molecule has 0 aliphatic carbocycles. The van der Waals surface area contributed by atoms with E-state index in [1.807, 2.05) is 33.3 Å². The lowest BCUT2D eigenvalue weighted by Gasteiger charge is -2.27. The van der Waals surface area contributed by atoms with Crippen molar-refractivity contribution in [3.63, 3.8) is 0 Å². The zero-order valence-electron chi connectivity index (χ0n) is 44.9. The van der Waals surface area contributed by atoms with Crippen LogP contribution in [0.1, 0.15) is 265 Å². The average Bonchev–Trinajstić information content (AvgIpc) is 3.28. The highest BCUT2D eigenvalue weighted by Gasteiger charge is 2.30. The van der Waals surface area contributed by atoms with Crippen LogP contribution in [0.5, 0.6) is 0 Å². The van der Waals surface area contributed by atoms with Gasteiger partial charge in [0.05, 0.1) is 33.8 Å². The maximum atomic E-state index is 13.5. The number of quaternary nitrogens is 1. The van der Waals surface area contributed by atoms with E-state index in [9.17, 15) is 19.0 Å². The standard InChI is InChI=1S/C57H109N2O7P/c1-7-10-13-16-19-22-25-27-28-29-30-32-34-37-40-43-46-49-56(60)58-54(53-65-67(62,63)64-52-51-59(4,5)6)55(48-45-42-39-36-33-24-21-18-15-12-9-3)66-57(61)50-47-44-41-38-35-31-26-23-20-17-14-11-8-2/h19,22,27-28,45,48,54-55H,7-18,20-21,23-26,29-44,46-47,49-53H2,1-6H3,(H-,58,60,62,63)/p+1/b22-19-,28-27-,48-45+. The van der Waals surface area contributed by atoms with Crippen LogP contribution in [-0.2, 0) is 27.9 Å². The Hall–Kier alpha value is -1.77.